The Kier molecular flexibility index (Phi) is 4.56. The molecule has 1 aromatic heterocycles. The Bertz CT molecular complexity index is 634. The molecule has 2 saturated heterocycles. The Morgan fingerprint density at radius 1 is 1.20 bits per heavy atom. The highest BCUT2D eigenvalue weighted by Crippen LogP contribution is 2.39. The van der Waals surface area contributed by atoms with Crippen molar-refractivity contribution in [2.45, 2.75) is 31.0 Å². The first-order chi connectivity index (χ1) is 12.2. The topological polar surface area (TPSA) is 67.8 Å². The Morgan fingerprint density at radius 2 is 1.96 bits per heavy atom. The predicted molar refractivity (Wildman–Crippen MR) is 88.0 cm³/mol. The number of ether oxygens (including phenoxy) is 2. The summed E-state index contributed by atoms with van der Waals surface area (Å²) >= 11 is 0. The first-order valence-electron chi connectivity index (χ1n) is 8.91. The molecule has 8 heteroatoms. The van der Waals surface area contributed by atoms with Crippen molar-refractivity contribution < 1.29 is 18.7 Å². The van der Waals surface area contributed by atoms with Gasteiger partial charge in [0.25, 0.3) is 5.91 Å². The molecule has 0 spiro atoms. The second-order valence-electron chi connectivity index (χ2n) is 6.78. The van der Waals surface area contributed by atoms with Crippen LogP contribution in [0.5, 0.6) is 0 Å². The number of rotatable bonds is 3. The molecule has 3 fully saturated rings. The second-order valence-corrected chi connectivity index (χ2v) is 6.78. The highest BCUT2D eigenvalue weighted by molar-refractivity contribution is 5.86. The van der Waals surface area contributed by atoms with Crippen LogP contribution in [0.1, 0.15) is 31.1 Å². The van der Waals surface area contributed by atoms with E-state index < -0.39 is 17.6 Å². The van der Waals surface area contributed by atoms with Crippen molar-refractivity contribution in [3.63, 3.8) is 0 Å². The van der Waals surface area contributed by atoms with Gasteiger partial charge in [-0.2, -0.15) is 0 Å². The van der Waals surface area contributed by atoms with Crippen LogP contribution in [-0.4, -0.2) is 72.5 Å². The number of alkyl halides is 1. The average molecular weight is 350 g/mol. The lowest BCUT2D eigenvalue weighted by molar-refractivity contribution is -0.159. The van der Waals surface area contributed by atoms with Crippen molar-refractivity contribution >= 4 is 11.7 Å². The molecule has 4 rings (SSSR count). The van der Waals surface area contributed by atoms with E-state index in [1.165, 1.54) is 0 Å². The maximum atomic E-state index is 14.6. The normalized spacial score (nSPS) is 26.2. The molecule has 25 heavy (non-hydrogen) atoms. The fourth-order valence-electron chi connectivity index (χ4n) is 3.51. The molecule has 7 nitrogen and oxygen atoms in total. The Labute approximate surface area is 146 Å². The largest absolute Gasteiger partial charge is 0.378 e. The lowest BCUT2D eigenvalue weighted by Gasteiger charge is -2.42. The minimum absolute atomic E-state index is 0.300. The molecule has 0 N–H and O–H groups in total. The molecule has 1 saturated carbocycles. The average Bonchev–Trinajstić information content (AvgIpc) is 2.66. The van der Waals surface area contributed by atoms with Gasteiger partial charge in [-0.05, 0) is 25.3 Å². The Morgan fingerprint density at radius 3 is 2.68 bits per heavy atom. The van der Waals surface area contributed by atoms with E-state index in [9.17, 15) is 9.18 Å². The summed E-state index contributed by atoms with van der Waals surface area (Å²) in [6.45, 7) is 3.97. The molecule has 0 bridgehead atoms. The second kappa shape index (κ2) is 6.84. The summed E-state index contributed by atoms with van der Waals surface area (Å²) < 4.78 is 25.6. The molecule has 0 unspecified atom stereocenters. The third kappa shape index (κ3) is 3.20. The SMILES string of the molecule is O=C(N1CCOC[C@H]1c1nccc(N2CCOCC2)n1)C1(F)CCC1. The zero-order chi connectivity index (χ0) is 17.3. The van der Waals surface area contributed by atoms with Crippen molar-refractivity contribution in [2.75, 3.05) is 51.0 Å². The van der Waals surface area contributed by atoms with Crippen LogP contribution in [-0.2, 0) is 14.3 Å². The number of halogens is 1. The minimum Gasteiger partial charge on any atom is -0.378 e. The summed E-state index contributed by atoms with van der Waals surface area (Å²) in [6, 6.07) is 1.42. The van der Waals surface area contributed by atoms with E-state index in [0.717, 1.165) is 25.3 Å². The van der Waals surface area contributed by atoms with Crippen molar-refractivity contribution in [3.05, 3.63) is 18.1 Å². The van der Waals surface area contributed by atoms with Crippen LogP contribution >= 0.6 is 0 Å². The number of anilines is 1. The number of amides is 1. The van der Waals surface area contributed by atoms with Gasteiger partial charge in [0.2, 0.25) is 0 Å². The molecule has 1 aromatic rings. The number of carbonyl (C=O) groups excluding carboxylic acids is 1. The number of hydrogen-bond donors (Lipinski definition) is 0. The number of nitrogens with zero attached hydrogens (tertiary/aromatic N) is 4. The highest BCUT2D eigenvalue weighted by atomic mass is 19.1. The van der Waals surface area contributed by atoms with E-state index in [1.807, 2.05) is 6.07 Å². The quantitative estimate of drug-likeness (QED) is 0.813. The van der Waals surface area contributed by atoms with Crippen LogP contribution < -0.4 is 4.90 Å². The van der Waals surface area contributed by atoms with E-state index in [-0.39, 0.29) is 0 Å². The molecule has 136 valence electrons. The van der Waals surface area contributed by atoms with E-state index in [2.05, 4.69) is 14.9 Å². The van der Waals surface area contributed by atoms with Gasteiger partial charge in [-0.15, -0.1) is 0 Å². The fraction of sp³-hybridized carbons (Fsp3) is 0.706. The van der Waals surface area contributed by atoms with Gasteiger partial charge in [0.05, 0.1) is 26.4 Å². The first kappa shape index (κ1) is 16.7. The van der Waals surface area contributed by atoms with Gasteiger partial charge in [0.1, 0.15) is 11.9 Å². The molecule has 1 amide bonds. The lowest BCUT2D eigenvalue weighted by atomic mass is 9.80. The van der Waals surface area contributed by atoms with Crippen molar-refractivity contribution in [3.8, 4) is 0 Å². The van der Waals surface area contributed by atoms with E-state index in [0.29, 0.717) is 51.6 Å². The van der Waals surface area contributed by atoms with E-state index >= 15 is 0 Å². The van der Waals surface area contributed by atoms with Crippen LogP contribution in [0.15, 0.2) is 12.3 Å². The Hall–Kier alpha value is -1.80. The van der Waals surface area contributed by atoms with Crippen LogP contribution in [0.25, 0.3) is 0 Å². The summed E-state index contributed by atoms with van der Waals surface area (Å²) in [5.41, 5.74) is -1.71. The number of carbonyl (C=O) groups is 1. The third-order valence-corrected chi connectivity index (χ3v) is 5.21. The van der Waals surface area contributed by atoms with Gasteiger partial charge in [-0.1, -0.05) is 0 Å². The monoisotopic (exact) mass is 350 g/mol. The number of hydrogen-bond acceptors (Lipinski definition) is 6. The van der Waals surface area contributed by atoms with Gasteiger partial charge in [0, 0.05) is 25.8 Å². The Balaban J connectivity index is 1.57. The van der Waals surface area contributed by atoms with E-state index in [4.69, 9.17) is 9.47 Å². The molecular weight excluding hydrogens is 327 g/mol. The van der Waals surface area contributed by atoms with Gasteiger partial charge >= 0.3 is 0 Å². The standard InChI is InChI=1S/C17H23FN4O3/c18-17(3-1-4-17)16(23)22-8-11-25-12-13(22)15-19-5-2-14(20-15)21-6-9-24-10-7-21/h2,5,13H,1,3-4,6-12H2/t13-/m0/s1. The lowest BCUT2D eigenvalue weighted by Crippen LogP contribution is -2.54. The molecule has 1 aliphatic carbocycles. The summed E-state index contributed by atoms with van der Waals surface area (Å²) in [5, 5.41) is 0. The first-order valence-corrected chi connectivity index (χ1v) is 8.91. The maximum Gasteiger partial charge on any atom is 0.261 e. The summed E-state index contributed by atoms with van der Waals surface area (Å²) in [5.74, 6) is 0.886. The van der Waals surface area contributed by atoms with Gasteiger partial charge in [-0.3, -0.25) is 4.79 Å². The van der Waals surface area contributed by atoms with Gasteiger partial charge in [0.15, 0.2) is 11.5 Å². The molecular formula is C17H23FN4O3. The van der Waals surface area contributed by atoms with Gasteiger partial charge < -0.3 is 19.3 Å². The molecule has 1 atom stereocenters. The molecule has 3 aliphatic rings. The zero-order valence-electron chi connectivity index (χ0n) is 14.2. The van der Waals surface area contributed by atoms with Crippen LogP contribution in [0.4, 0.5) is 10.2 Å². The zero-order valence-corrected chi connectivity index (χ0v) is 14.2. The van der Waals surface area contributed by atoms with Crippen molar-refractivity contribution in [1.29, 1.82) is 0 Å². The van der Waals surface area contributed by atoms with Crippen molar-refractivity contribution in [1.82, 2.24) is 14.9 Å². The number of morpholine rings is 2. The van der Waals surface area contributed by atoms with Crippen LogP contribution in [0, 0.1) is 0 Å². The highest BCUT2D eigenvalue weighted by Gasteiger charge is 2.49. The van der Waals surface area contributed by atoms with Crippen molar-refractivity contribution in [2.24, 2.45) is 0 Å². The molecule has 2 aliphatic heterocycles. The third-order valence-electron chi connectivity index (χ3n) is 5.21. The van der Waals surface area contributed by atoms with E-state index in [1.54, 1.807) is 11.1 Å². The van der Waals surface area contributed by atoms with Gasteiger partial charge in [-0.25, -0.2) is 14.4 Å². The number of aromatic nitrogens is 2. The molecule has 3 heterocycles. The summed E-state index contributed by atoms with van der Waals surface area (Å²) in [4.78, 5) is 25.4. The summed E-state index contributed by atoms with van der Waals surface area (Å²) in [6.07, 6.45) is 3.08. The maximum absolute atomic E-state index is 14.6. The summed E-state index contributed by atoms with van der Waals surface area (Å²) in [7, 11) is 0. The molecule has 0 aromatic carbocycles. The predicted octanol–water partition coefficient (Wildman–Crippen LogP) is 1.11. The fourth-order valence-corrected chi connectivity index (χ4v) is 3.51. The minimum atomic E-state index is -1.71. The van der Waals surface area contributed by atoms with Crippen LogP contribution in [0.3, 0.4) is 0 Å². The van der Waals surface area contributed by atoms with Crippen LogP contribution in [0.2, 0.25) is 0 Å². The smallest absolute Gasteiger partial charge is 0.261 e. The molecule has 0 radical (unpaired) electrons.